The van der Waals surface area contributed by atoms with Gasteiger partial charge in [0.05, 0.1) is 18.8 Å². The average molecular weight is 538 g/mol. The van der Waals surface area contributed by atoms with Crippen molar-refractivity contribution in [3.8, 4) is 0 Å². The summed E-state index contributed by atoms with van der Waals surface area (Å²) in [4.78, 5) is 25.3. The Hall–Kier alpha value is -3.04. The van der Waals surface area contributed by atoms with Crippen molar-refractivity contribution in [2.45, 2.75) is 70.7 Å². The summed E-state index contributed by atoms with van der Waals surface area (Å²) in [5.74, 6) is 0.00348. The van der Waals surface area contributed by atoms with Crippen molar-refractivity contribution >= 4 is 11.8 Å². The van der Waals surface area contributed by atoms with E-state index in [-0.39, 0.29) is 30.6 Å². The minimum Gasteiger partial charge on any atom is -0.392 e. The molecule has 0 radical (unpaired) electrons. The molecule has 8 nitrogen and oxygen atoms in total. The smallest absolute Gasteiger partial charge is 0.220 e. The summed E-state index contributed by atoms with van der Waals surface area (Å²) in [5.41, 5.74) is 3.87. The van der Waals surface area contributed by atoms with Crippen LogP contribution in [-0.2, 0) is 32.2 Å². The summed E-state index contributed by atoms with van der Waals surface area (Å²) in [6.45, 7) is 8.01. The molecule has 0 bridgehead atoms. The first-order valence-corrected chi connectivity index (χ1v) is 13.8. The lowest BCUT2D eigenvalue weighted by Crippen LogP contribution is -2.37. The van der Waals surface area contributed by atoms with Crippen molar-refractivity contribution in [1.29, 1.82) is 0 Å². The minimum absolute atomic E-state index is 0.0131. The van der Waals surface area contributed by atoms with Crippen LogP contribution in [0.2, 0.25) is 0 Å². The highest BCUT2D eigenvalue weighted by atomic mass is 16.7. The van der Waals surface area contributed by atoms with Crippen molar-refractivity contribution in [2.24, 2.45) is 0 Å². The van der Waals surface area contributed by atoms with Gasteiger partial charge in [0.15, 0.2) is 6.29 Å². The van der Waals surface area contributed by atoms with Gasteiger partial charge in [-0.05, 0) is 36.6 Å². The molecule has 1 fully saturated rings. The van der Waals surface area contributed by atoms with Gasteiger partial charge >= 0.3 is 0 Å². The van der Waals surface area contributed by atoms with Crippen LogP contribution in [0.3, 0.4) is 0 Å². The lowest BCUT2D eigenvalue weighted by atomic mass is 9.99. The second-order valence-electron chi connectivity index (χ2n) is 10.2. The van der Waals surface area contributed by atoms with Crippen LogP contribution in [0.4, 0.5) is 0 Å². The number of nitrogens with one attached hydrogen (secondary N) is 2. The van der Waals surface area contributed by atoms with Gasteiger partial charge in [-0.2, -0.15) is 0 Å². The third-order valence-corrected chi connectivity index (χ3v) is 6.77. The number of aliphatic hydroxyl groups is 1. The van der Waals surface area contributed by atoms with Crippen molar-refractivity contribution in [1.82, 2.24) is 15.5 Å². The van der Waals surface area contributed by atoms with Crippen molar-refractivity contribution < 1.29 is 24.2 Å². The molecule has 2 aromatic carbocycles. The summed E-state index contributed by atoms with van der Waals surface area (Å²) >= 11 is 0. The van der Waals surface area contributed by atoms with E-state index < -0.39 is 6.29 Å². The number of likely N-dealkylation sites (N-methyl/N-ethyl adjacent to an activating group) is 1. The van der Waals surface area contributed by atoms with Gasteiger partial charge in [0.2, 0.25) is 11.8 Å². The van der Waals surface area contributed by atoms with Crippen LogP contribution in [0, 0.1) is 0 Å². The van der Waals surface area contributed by atoms with Gasteiger partial charge in [-0.25, -0.2) is 0 Å². The zero-order chi connectivity index (χ0) is 28.0. The van der Waals surface area contributed by atoms with Gasteiger partial charge in [0.25, 0.3) is 0 Å². The minimum atomic E-state index is -0.510. The molecule has 1 aliphatic heterocycles. The fourth-order valence-corrected chi connectivity index (χ4v) is 4.61. The molecule has 0 spiro atoms. The predicted molar refractivity (Wildman–Crippen MR) is 152 cm³/mol. The number of amides is 2. The lowest BCUT2D eigenvalue weighted by Gasteiger charge is -2.37. The Kier molecular flexibility index (Phi) is 12.6. The number of ether oxygens (including phenoxy) is 2. The normalized spacial score (nSPS) is 19.0. The third kappa shape index (κ3) is 10.6. The number of hydrogen-bond donors (Lipinski definition) is 3. The molecule has 2 amide bonds. The summed E-state index contributed by atoms with van der Waals surface area (Å²) in [5, 5.41) is 15.1. The molecule has 0 aliphatic carbocycles. The molecule has 1 heterocycles. The molecule has 1 saturated heterocycles. The van der Waals surface area contributed by atoms with Crippen LogP contribution in [0.25, 0.3) is 0 Å². The molecule has 3 unspecified atom stereocenters. The average Bonchev–Trinajstić information content (AvgIpc) is 2.94. The van der Waals surface area contributed by atoms with Crippen molar-refractivity contribution in [3.63, 3.8) is 0 Å². The Balaban J connectivity index is 1.55. The number of benzene rings is 2. The van der Waals surface area contributed by atoms with E-state index in [2.05, 4.69) is 29.2 Å². The maximum absolute atomic E-state index is 12.2. The van der Waals surface area contributed by atoms with E-state index in [0.29, 0.717) is 19.5 Å². The fourth-order valence-electron chi connectivity index (χ4n) is 4.61. The van der Waals surface area contributed by atoms with Crippen LogP contribution in [0.5, 0.6) is 0 Å². The topological polar surface area (TPSA) is 100 Å². The highest BCUT2D eigenvalue weighted by Gasteiger charge is 2.32. The van der Waals surface area contributed by atoms with E-state index >= 15 is 0 Å². The molecule has 39 heavy (non-hydrogen) atoms. The molecular formula is C31H43N3O5. The standard InChI is InChI=1S/C31H43N3O5/c1-4-18-34(3)21-28-19-29(26-13-11-25(22-35)12-14-26)39-31(38-28)27-15-9-24(10-16-27)20-33-30(37)8-6-5-7-17-32-23(2)36/h4,9-16,28-29,31,35H,1,5-8,17-22H2,2-3H3,(H,32,36)(H,33,37). The number of hydrogen-bond acceptors (Lipinski definition) is 6. The number of nitrogens with zero attached hydrogens (tertiary/aromatic N) is 1. The molecule has 0 saturated carbocycles. The molecule has 0 aromatic heterocycles. The fraction of sp³-hybridized carbons (Fsp3) is 0.484. The van der Waals surface area contributed by atoms with E-state index in [9.17, 15) is 14.7 Å². The molecule has 3 atom stereocenters. The summed E-state index contributed by atoms with van der Waals surface area (Å²) in [6, 6.07) is 15.9. The molecule has 212 valence electrons. The predicted octanol–water partition coefficient (Wildman–Crippen LogP) is 4.15. The van der Waals surface area contributed by atoms with Gasteiger partial charge < -0.3 is 30.1 Å². The first kappa shape index (κ1) is 30.5. The van der Waals surface area contributed by atoms with E-state index in [4.69, 9.17) is 9.47 Å². The lowest BCUT2D eigenvalue weighted by molar-refractivity contribution is -0.252. The van der Waals surface area contributed by atoms with E-state index in [0.717, 1.165) is 61.0 Å². The van der Waals surface area contributed by atoms with Crippen molar-refractivity contribution in [3.05, 3.63) is 83.4 Å². The van der Waals surface area contributed by atoms with E-state index in [1.165, 1.54) is 6.92 Å². The molecule has 1 aliphatic rings. The van der Waals surface area contributed by atoms with Gasteiger partial charge in [-0.1, -0.05) is 61.0 Å². The van der Waals surface area contributed by atoms with Gasteiger partial charge in [0.1, 0.15) is 0 Å². The summed E-state index contributed by atoms with van der Waals surface area (Å²) in [6.07, 6.45) is 5.01. The number of carbonyl (C=O) groups is 2. The summed E-state index contributed by atoms with van der Waals surface area (Å²) in [7, 11) is 2.05. The second kappa shape index (κ2) is 16.2. The Morgan fingerprint density at radius 3 is 2.36 bits per heavy atom. The van der Waals surface area contributed by atoms with Crippen molar-refractivity contribution in [2.75, 3.05) is 26.7 Å². The maximum atomic E-state index is 12.2. The number of rotatable bonds is 15. The molecule has 3 N–H and O–H groups in total. The molecule has 8 heteroatoms. The zero-order valence-corrected chi connectivity index (χ0v) is 23.2. The van der Waals surface area contributed by atoms with Crippen LogP contribution in [-0.4, -0.2) is 54.6 Å². The zero-order valence-electron chi connectivity index (χ0n) is 23.2. The molecule has 3 rings (SSSR count). The highest BCUT2D eigenvalue weighted by Crippen LogP contribution is 2.38. The number of carbonyl (C=O) groups excluding carboxylic acids is 2. The molecule has 2 aromatic rings. The maximum Gasteiger partial charge on any atom is 0.220 e. The van der Waals surface area contributed by atoms with Crippen LogP contribution in [0.15, 0.2) is 61.2 Å². The number of aliphatic hydroxyl groups excluding tert-OH is 1. The monoisotopic (exact) mass is 537 g/mol. The Morgan fingerprint density at radius 2 is 1.69 bits per heavy atom. The first-order valence-electron chi connectivity index (χ1n) is 13.8. The largest absolute Gasteiger partial charge is 0.392 e. The Labute approximate surface area is 232 Å². The van der Waals surface area contributed by atoms with Crippen LogP contribution in [0.1, 0.15) is 73.7 Å². The van der Waals surface area contributed by atoms with Crippen LogP contribution >= 0.6 is 0 Å². The number of unbranched alkanes of at least 4 members (excludes halogenated alkanes) is 2. The third-order valence-electron chi connectivity index (χ3n) is 6.77. The highest BCUT2D eigenvalue weighted by molar-refractivity contribution is 5.75. The van der Waals surface area contributed by atoms with E-state index in [1.54, 1.807) is 0 Å². The Morgan fingerprint density at radius 1 is 1.00 bits per heavy atom. The molecular weight excluding hydrogens is 494 g/mol. The van der Waals surface area contributed by atoms with Gasteiger partial charge in [-0.3, -0.25) is 9.59 Å². The van der Waals surface area contributed by atoms with Crippen LogP contribution < -0.4 is 10.6 Å². The van der Waals surface area contributed by atoms with Gasteiger partial charge in [-0.15, -0.1) is 6.58 Å². The van der Waals surface area contributed by atoms with Gasteiger partial charge in [0, 0.05) is 51.5 Å². The quantitative estimate of drug-likeness (QED) is 0.233. The SMILES string of the molecule is C=CCN(C)CC1CC(c2ccc(CO)cc2)OC(c2ccc(CNC(=O)CCCCCNC(C)=O)cc2)O1. The Bertz CT molecular complexity index is 1040. The first-order chi connectivity index (χ1) is 18.9. The van der Waals surface area contributed by atoms with E-state index in [1.807, 2.05) is 54.6 Å². The second-order valence-corrected chi connectivity index (χ2v) is 10.2. The summed E-state index contributed by atoms with van der Waals surface area (Å²) < 4.78 is 12.8.